The minimum Gasteiger partial charge on any atom is -0.497 e. The Morgan fingerprint density at radius 3 is 2.53 bits per heavy atom. The fraction of sp³-hybridized carbons (Fsp3) is 0.545. The lowest BCUT2D eigenvalue weighted by Crippen LogP contribution is -3.12. The number of H-pyrrole nitrogens is 1. The van der Waals surface area contributed by atoms with E-state index in [0.29, 0.717) is 5.56 Å². The van der Waals surface area contributed by atoms with Crippen LogP contribution in [0.1, 0.15) is 63.9 Å². The van der Waals surface area contributed by atoms with Crippen molar-refractivity contribution in [2.45, 2.75) is 58.0 Å². The maximum atomic E-state index is 13.2. The molecular formula is C22H31N6O2+. The number of benzene rings is 1. The van der Waals surface area contributed by atoms with Crippen LogP contribution in [0.5, 0.6) is 5.75 Å². The van der Waals surface area contributed by atoms with E-state index in [2.05, 4.69) is 41.3 Å². The van der Waals surface area contributed by atoms with E-state index in [1.165, 1.54) is 17.7 Å². The summed E-state index contributed by atoms with van der Waals surface area (Å²) in [5.74, 6) is 1.51. The Balaban J connectivity index is 1.91. The number of nitrogens with zero attached hydrogens (tertiary/aromatic N) is 4. The molecule has 3 aromatic rings. The first-order chi connectivity index (χ1) is 14.4. The molecule has 3 heterocycles. The zero-order valence-corrected chi connectivity index (χ0v) is 18.2. The van der Waals surface area contributed by atoms with E-state index >= 15 is 0 Å². The Morgan fingerprint density at radius 1 is 1.13 bits per heavy atom. The second-order valence-electron chi connectivity index (χ2n) is 9.13. The lowest BCUT2D eigenvalue weighted by atomic mass is 10.0. The van der Waals surface area contributed by atoms with E-state index in [9.17, 15) is 4.79 Å². The van der Waals surface area contributed by atoms with Crippen molar-refractivity contribution in [3.63, 3.8) is 0 Å². The number of ether oxygens (including phenoxy) is 1. The molecule has 0 aliphatic carbocycles. The number of methoxy groups -OCH3 is 1. The van der Waals surface area contributed by atoms with Crippen molar-refractivity contribution in [3.8, 4) is 5.75 Å². The van der Waals surface area contributed by atoms with Gasteiger partial charge in [0.05, 0.1) is 31.3 Å². The van der Waals surface area contributed by atoms with E-state index in [1.54, 1.807) is 7.11 Å². The number of hydrogen-bond acceptors (Lipinski definition) is 5. The molecule has 0 bridgehead atoms. The van der Waals surface area contributed by atoms with Crippen molar-refractivity contribution in [1.29, 1.82) is 0 Å². The van der Waals surface area contributed by atoms with Crippen molar-refractivity contribution in [1.82, 2.24) is 25.2 Å². The fourth-order valence-electron chi connectivity index (χ4n) is 4.41. The highest BCUT2D eigenvalue weighted by Gasteiger charge is 2.36. The van der Waals surface area contributed by atoms with Crippen LogP contribution in [0.25, 0.3) is 10.9 Å². The monoisotopic (exact) mass is 411 g/mol. The van der Waals surface area contributed by atoms with Gasteiger partial charge in [-0.15, -0.1) is 5.10 Å². The lowest BCUT2D eigenvalue weighted by Gasteiger charge is -2.29. The Kier molecular flexibility index (Phi) is 5.60. The average Bonchev–Trinajstić information content (AvgIpc) is 3.05. The second kappa shape index (κ2) is 8.18. The molecule has 2 N–H and O–H groups in total. The van der Waals surface area contributed by atoms with Crippen molar-refractivity contribution in [3.05, 3.63) is 46.0 Å². The molecule has 1 aliphatic rings. The van der Waals surface area contributed by atoms with E-state index in [-0.39, 0.29) is 17.1 Å². The van der Waals surface area contributed by atoms with Crippen LogP contribution in [0.2, 0.25) is 0 Å². The summed E-state index contributed by atoms with van der Waals surface area (Å²) in [7, 11) is 1.65. The van der Waals surface area contributed by atoms with Crippen LogP contribution < -0.4 is 15.2 Å². The fourth-order valence-corrected chi connectivity index (χ4v) is 4.41. The number of pyridine rings is 1. The first-order valence-corrected chi connectivity index (χ1v) is 10.7. The lowest BCUT2D eigenvalue weighted by molar-refractivity contribution is -0.925. The average molecular weight is 412 g/mol. The van der Waals surface area contributed by atoms with E-state index in [4.69, 9.17) is 4.74 Å². The molecule has 0 unspecified atom stereocenters. The summed E-state index contributed by atoms with van der Waals surface area (Å²) in [6, 6.07) is 7.45. The topological polar surface area (TPSA) is 90.1 Å². The predicted molar refractivity (Wildman–Crippen MR) is 115 cm³/mol. The number of tetrazole rings is 1. The number of aromatic amines is 1. The van der Waals surface area contributed by atoms with Gasteiger partial charge in [0.2, 0.25) is 5.82 Å². The summed E-state index contributed by atoms with van der Waals surface area (Å²) >= 11 is 0. The van der Waals surface area contributed by atoms with Gasteiger partial charge in [0.25, 0.3) is 5.56 Å². The summed E-state index contributed by atoms with van der Waals surface area (Å²) in [6.07, 6.45) is 4.74. The second-order valence-corrected chi connectivity index (χ2v) is 9.13. The van der Waals surface area contributed by atoms with Gasteiger partial charge in [0.15, 0.2) is 6.04 Å². The van der Waals surface area contributed by atoms with Crippen LogP contribution in [0.3, 0.4) is 0 Å². The number of quaternary nitrogens is 1. The molecule has 2 aromatic heterocycles. The maximum absolute atomic E-state index is 13.2. The molecule has 1 fully saturated rings. The number of nitrogens with one attached hydrogen (secondary N) is 2. The van der Waals surface area contributed by atoms with Crippen LogP contribution in [0.4, 0.5) is 0 Å². The number of rotatable bonds is 4. The summed E-state index contributed by atoms with van der Waals surface area (Å²) in [5, 5.41) is 13.6. The Labute approximate surface area is 176 Å². The number of likely N-dealkylation sites (tertiary alicyclic amines) is 1. The van der Waals surface area contributed by atoms with Gasteiger partial charge in [-0.3, -0.25) is 4.79 Å². The zero-order valence-electron chi connectivity index (χ0n) is 18.2. The highest BCUT2D eigenvalue weighted by atomic mass is 16.5. The van der Waals surface area contributed by atoms with Crippen molar-refractivity contribution >= 4 is 10.9 Å². The van der Waals surface area contributed by atoms with Crippen LogP contribution in [-0.2, 0) is 5.54 Å². The number of aromatic nitrogens is 5. The molecule has 1 saturated heterocycles. The van der Waals surface area contributed by atoms with Gasteiger partial charge in [-0.1, -0.05) is 0 Å². The third-order valence-corrected chi connectivity index (χ3v) is 5.93. The molecule has 1 aliphatic heterocycles. The van der Waals surface area contributed by atoms with Gasteiger partial charge in [-0.05, 0) is 81.1 Å². The molecule has 1 aromatic carbocycles. The molecular weight excluding hydrogens is 380 g/mol. The zero-order chi connectivity index (χ0) is 21.3. The summed E-state index contributed by atoms with van der Waals surface area (Å²) in [6.45, 7) is 8.24. The van der Waals surface area contributed by atoms with Gasteiger partial charge < -0.3 is 14.6 Å². The molecule has 0 spiro atoms. The Morgan fingerprint density at radius 2 is 1.87 bits per heavy atom. The quantitative estimate of drug-likeness (QED) is 0.684. The molecule has 1 atom stereocenters. The molecule has 30 heavy (non-hydrogen) atoms. The summed E-state index contributed by atoms with van der Waals surface area (Å²) in [4.78, 5) is 17.6. The molecule has 0 amide bonds. The molecule has 0 radical (unpaired) electrons. The number of fused-ring (bicyclic) bond motifs is 1. The SMILES string of the molecule is COc1ccc2[nH]c(=O)c([C@H](c3nnnn3C(C)(C)C)[NH+]3CCCCCC3)cc2c1. The van der Waals surface area contributed by atoms with Gasteiger partial charge >= 0.3 is 0 Å². The van der Waals surface area contributed by atoms with Gasteiger partial charge in [0, 0.05) is 10.9 Å². The van der Waals surface area contributed by atoms with Crippen molar-refractivity contribution < 1.29 is 9.64 Å². The first-order valence-electron chi connectivity index (χ1n) is 10.7. The van der Waals surface area contributed by atoms with Crippen molar-refractivity contribution in [2.75, 3.05) is 20.2 Å². The molecule has 8 nitrogen and oxygen atoms in total. The van der Waals surface area contributed by atoms with Crippen LogP contribution in [-0.4, -0.2) is 45.4 Å². The van der Waals surface area contributed by atoms with Crippen LogP contribution >= 0.6 is 0 Å². The highest BCUT2D eigenvalue weighted by Crippen LogP contribution is 2.24. The summed E-state index contributed by atoms with van der Waals surface area (Å²) in [5.41, 5.74) is 1.13. The standard InChI is InChI=1S/C22H30N6O2/c1-22(2,3)28-20(24-25-26-28)19(27-11-7-5-6-8-12-27)17-14-15-13-16(30-4)9-10-18(15)23-21(17)29/h9-10,13-14,19H,5-8,11-12H2,1-4H3,(H,23,29)/p+1/t19-/m1/s1. The summed E-state index contributed by atoms with van der Waals surface area (Å²) < 4.78 is 7.25. The van der Waals surface area contributed by atoms with E-state index < -0.39 is 0 Å². The largest absolute Gasteiger partial charge is 0.497 e. The molecule has 8 heteroatoms. The van der Waals surface area contributed by atoms with E-state index in [1.807, 2.05) is 28.9 Å². The minimum atomic E-state index is -0.283. The molecule has 4 rings (SSSR count). The molecule has 160 valence electrons. The number of hydrogen-bond donors (Lipinski definition) is 2. The minimum absolute atomic E-state index is 0.0853. The van der Waals surface area contributed by atoms with Gasteiger partial charge in [-0.25, -0.2) is 4.68 Å². The van der Waals surface area contributed by atoms with Crippen molar-refractivity contribution in [2.24, 2.45) is 0 Å². The predicted octanol–water partition coefficient (Wildman–Crippen LogP) is 1.83. The smallest absolute Gasteiger partial charge is 0.258 e. The van der Waals surface area contributed by atoms with E-state index in [0.717, 1.165) is 48.4 Å². The third-order valence-electron chi connectivity index (χ3n) is 5.93. The first kappa shape index (κ1) is 20.5. The molecule has 0 saturated carbocycles. The maximum Gasteiger partial charge on any atom is 0.258 e. The Bertz CT molecular complexity index is 1070. The normalized spacial score (nSPS) is 17.1. The van der Waals surface area contributed by atoms with Crippen LogP contribution in [0.15, 0.2) is 29.1 Å². The Hall–Kier alpha value is -2.74. The van der Waals surface area contributed by atoms with Gasteiger partial charge in [0.1, 0.15) is 5.75 Å². The van der Waals surface area contributed by atoms with Gasteiger partial charge in [-0.2, -0.15) is 0 Å². The van der Waals surface area contributed by atoms with Crippen LogP contribution in [0, 0.1) is 0 Å². The highest BCUT2D eigenvalue weighted by molar-refractivity contribution is 5.80. The third kappa shape index (κ3) is 3.96.